The summed E-state index contributed by atoms with van der Waals surface area (Å²) in [7, 11) is 2.97. The number of amides is 3. The summed E-state index contributed by atoms with van der Waals surface area (Å²) in [5.74, 6) is -0.0618. The van der Waals surface area contributed by atoms with Crippen molar-refractivity contribution in [2.24, 2.45) is 5.92 Å². The Morgan fingerprint density at radius 3 is 2.59 bits per heavy atom. The van der Waals surface area contributed by atoms with E-state index in [2.05, 4.69) is 25.7 Å². The van der Waals surface area contributed by atoms with Gasteiger partial charge in [0.05, 0.1) is 19.2 Å². The number of hydrogen-bond acceptors (Lipinski definition) is 6. The Balaban J connectivity index is 0.00000420. The number of alkyl carbamates (subject to hydrolysis) is 1. The van der Waals surface area contributed by atoms with Gasteiger partial charge in [-0.05, 0) is 37.9 Å². The van der Waals surface area contributed by atoms with E-state index >= 15 is 0 Å². The van der Waals surface area contributed by atoms with Crippen LogP contribution in [0.15, 0.2) is 18.3 Å². The fourth-order valence-electron chi connectivity index (χ4n) is 3.12. The SMILES string of the molecule is CN[C@@H](C)C(=O)N[C@H](C(=O)N1c2ncccc2C[C@H]1CNC(=O)OC)C(C)C.Cl. The third kappa shape index (κ3) is 5.80. The van der Waals surface area contributed by atoms with Crippen LogP contribution in [-0.2, 0) is 20.7 Å². The molecule has 0 spiro atoms. The van der Waals surface area contributed by atoms with Crippen molar-refractivity contribution in [2.45, 2.75) is 45.3 Å². The number of carbonyl (C=O) groups excluding carboxylic acids is 3. The third-order valence-corrected chi connectivity index (χ3v) is 4.88. The van der Waals surface area contributed by atoms with Gasteiger partial charge >= 0.3 is 6.09 Å². The van der Waals surface area contributed by atoms with Crippen molar-refractivity contribution in [3.05, 3.63) is 23.9 Å². The van der Waals surface area contributed by atoms with E-state index in [0.29, 0.717) is 12.2 Å². The van der Waals surface area contributed by atoms with Gasteiger partial charge in [-0.25, -0.2) is 9.78 Å². The van der Waals surface area contributed by atoms with E-state index in [9.17, 15) is 14.4 Å². The Bertz CT molecular complexity index is 730. The first-order valence-corrected chi connectivity index (χ1v) is 9.36. The smallest absolute Gasteiger partial charge is 0.406 e. The maximum Gasteiger partial charge on any atom is 0.406 e. The number of halogens is 1. The molecule has 1 aliphatic heterocycles. The number of fused-ring (bicyclic) bond motifs is 1. The van der Waals surface area contributed by atoms with Crippen LogP contribution in [0, 0.1) is 5.92 Å². The molecule has 3 amide bonds. The monoisotopic (exact) mass is 427 g/mol. The van der Waals surface area contributed by atoms with E-state index in [1.54, 1.807) is 25.1 Å². The average molecular weight is 428 g/mol. The quantitative estimate of drug-likeness (QED) is 0.595. The third-order valence-electron chi connectivity index (χ3n) is 4.88. The number of ether oxygens (including phenoxy) is 1. The van der Waals surface area contributed by atoms with Crippen LogP contribution in [0.25, 0.3) is 0 Å². The molecular formula is C19H30ClN5O4. The van der Waals surface area contributed by atoms with Crippen molar-refractivity contribution < 1.29 is 19.1 Å². The Morgan fingerprint density at radius 2 is 2.00 bits per heavy atom. The summed E-state index contributed by atoms with van der Waals surface area (Å²) in [4.78, 5) is 43.2. The minimum absolute atomic E-state index is 0. The van der Waals surface area contributed by atoms with Crippen LogP contribution in [-0.4, -0.2) is 61.7 Å². The molecule has 0 aromatic carbocycles. The molecule has 1 aromatic rings. The first-order chi connectivity index (χ1) is 13.3. The summed E-state index contributed by atoms with van der Waals surface area (Å²) in [5, 5.41) is 8.36. The number of rotatable bonds is 7. The van der Waals surface area contributed by atoms with Crippen LogP contribution in [0.1, 0.15) is 26.3 Å². The number of anilines is 1. The molecule has 9 nitrogen and oxygen atoms in total. The summed E-state index contributed by atoms with van der Waals surface area (Å²) in [6, 6.07) is 2.28. The fourth-order valence-corrected chi connectivity index (χ4v) is 3.12. The van der Waals surface area contributed by atoms with Gasteiger partial charge in [0, 0.05) is 12.7 Å². The molecule has 2 heterocycles. The van der Waals surface area contributed by atoms with Crippen molar-refractivity contribution in [3.63, 3.8) is 0 Å². The van der Waals surface area contributed by atoms with Crippen molar-refractivity contribution in [3.8, 4) is 0 Å². The first kappa shape index (κ1) is 24.6. The van der Waals surface area contributed by atoms with Crippen LogP contribution in [0.3, 0.4) is 0 Å². The number of aromatic nitrogens is 1. The molecule has 0 aliphatic carbocycles. The maximum absolute atomic E-state index is 13.4. The van der Waals surface area contributed by atoms with Gasteiger partial charge < -0.3 is 20.7 Å². The van der Waals surface area contributed by atoms with E-state index < -0.39 is 18.2 Å². The summed E-state index contributed by atoms with van der Waals surface area (Å²) in [6.07, 6.45) is 1.62. The van der Waals surface area contributed by atoms with Gasteiger partial charge in [-0.15, -0.1) is 12.4 Å². The highest BCUT2D eigenvalue weighted by Gasteiger charge is 2.39. The van der Waals surface area contributed by atoms with Gasteiger partial charge in [0.1, 0.15) is 11.9 Å². The van der Waals surface area contributed by atoms with Crippen LogP contribution >= 0.6 is 12.4 Å². The minimum atomic E-state index is -0.711. The number of nitrogens with zero attached hydrogens (tertiary/aromatic N) is 2. The lowest BCUT2D eigenvalue weighted by molar-refractivity contribution is -0.129. The summed E-state index contributed by atoms with van der Waals surface area (Å²) >= 11 is 0. The largest absolute Gasteiger partial charge is 0.453 e. The van der Waals surface area contributed by atoms with Gasteiger partial charge in [0.15, 0.2) is 0 Å². The first-order valence-electron chi connectivity index (χ1n) is 9.36. The summed E-state index contributed by atoms with van der Waals surface area (Å²) in [6.45, 7) is 5.71. The van der Waals surface area contributed by atoms with Crippen LogP contribution in [0.5, 0.6) is 0 Å². The number of hydrogen-bond donors (Lipinski definition) is 3. The highest BCUT2D eigenvalue weighted by Crippen LogP contribution is 2.31. The Kier molecular flexibility index (Phi) is 9.32. The Hall–Kier alpha value is -2.39. The highest BCUT2D eigenvalue weighted by atomic mass is 35.5. The zero-order valence-corrected chi connectivity index (χ0v) is 18.2. The van der Waals surface area contributed by atoms with Crippen molar-refractivity contribution in [1.82, 2.24) is 20.9 Å². The van der Waals surface area contributed by atoms with E-state index in [-0.39, 0.29) is 42.7 Å². The number of methoxy groups -OCH3 is 1. The lowest BCUT2D eigenvalue weighted by atomic mass is 10.0. The topological polar surface area (TPSA) is 113 Å². The number of likely N-dealkylation sites (N-methyl/N-ethyl adjacent to an activating group) is 1. The molecule has 3 atom stereocenters. The predicted octanol–water partition coefficient (Wildman–Crippen LogP) is 0.866. The molecule has 1 aromatic heterocycles. The van der Waals surface area contributed by atoms with Gasteiger partial charge in [-0.3, -0.25) is 14.5 Å². The average Bonchev–Trinajstić information content (AvgIpc) is 3.06. The Morgan fingerprint density at radius 1 is 1.31 bits per heavy atom. The molecule has 29 heavy (non-hydrogen) atoms. The van der Waals surface area contributed by atoms with Crippen molar-refractivity contribution in [2.75, 3.05) is 25.6 Å². The Labute approximate surface area is 177 Å². The number of pyridine rings is 1. The normalized spacial score (nSPS) is 17.0. The van der Waals surface area contributed by atoms with Gasteiger partial charge in [0.2, 0.25) is 5.91 Å². The van der Waals surface area contributed by atoms with Gasteiger partial charge in [-0.2, -0.15) is 0 Å². The van der Waals surface area contributed by atoms with E-state index in [4.69, 9.17) is 0 Å². The molecule has 0 saturated carbocycles. The lowest BCUT2D eigenvalue weighted by Crippen LogP contribution is -2.57. The molecule has 10 heteroatoms. The van der Waals surface area contributed by atoms with Gasteiger partial charge in [0.25, 0.3) is 5.91 Å². The van der Waals surface area contributed by atoms with Crippen LogP contribution < -0.4 is 20.9 Å². The standard InChI is InChI=1S/C19H29N5O4.ClH/c1-11(2)15(23-17(25)12(3)20-4)18(26)24-14(10-22-19(27)28-5)9-13-7-6-8-21-16(13)24;/h6-8,11-12,14-15,20H,9-10H2,1-5H3,(H,22,27)(H,23,25);1H/t12-,14-,15-;/m0./s1. The van der Waals surface area contributed by atoms with Crippen molar-refractivity contribution in [1.29, 1.82) is 0 Å². The maximum atomic E-state index is 13.4. The summed E-state index contributed by atoms with van der Waals surface area (Å²) < 4.78 is 4.63. The molecule has 0 saturated heterocycles. The van der Waals surface area contributed by atoms with E-state index in [1.165, 1.54) is 7.11 Å². The molecule has 0 fully saturated rings. The van der Waals surface area contributed by atoms with Crippen LogP contribution in [0.4, 0.5) is 10.6 Å². The molecule has 162 valence electrons. The van der Waals surface area contributed by atoms with Crippen LogP contribution in [0.2, 0.25) is 0 Å². The zero-order valence-electron chi connectivity index (χ0n) is 17.4. The molecule has 2 rings (SSSR count). The van der Waals surface area contributed by atoms with Gasteiger partial charge in [-0.1, -0.05) is 19.9 Å². The molecule has 0 bridgehead atoms. The van der Waals surface area contributed by atoms with E-state index in [0.717, 1.165) is 5.56 Å². The van der Waals surface area contributed by atoms with E-state index in [1.807, 2.05) is 26.0 Å². The predicted molar refractivity (Wildman–Crippen MR) is 112 cm³/mol. The number of carbonyl (C=O) groups is 3. The molecule has 3 N–H and O–H groups in total. The second-order valence-corrected chi connectivity index (χ2v) is 7.17. The lowest BCUT2D eigenvalue weighted by Gasteiger charge is -2.31. The second-order valence-electron chi connectivity index (χ2n) is 7.17. The number of nitrogens with one attached hydrogen (secondary N) is 3. The molecule has 0 unspecified atom stereocenters. The molecule has 1 aliphatic rings. The minimum Gasteiger partial charge on any atom is -0.453 e. The van der Waals surface area contributed by atoms with Crippen molar-refractivity contribution >= 4 is 36.1 Å². The molecule has 0 radical (unpaired) electrons. The molecular weight excluding hydrogens is 398 g/mol. The highest BCUT2D eigenvalue weighted by molar-refractivity contribution is 6.01. The summed E-state index contributed by atoms with van der Waals surface area (Å²) in [5.41, 5.74) is 0.921. The zero-order chi connectivity index (χ0) is 20.8. The second kappa shape index (κ2) is 11.0. The fraction of sp³-hybridized carbons (Fsp3) is 0.579.